The lowest BCUT2D eigenvalue weighted by Gasteiger charge is -2.22. The van der Waals surface area contributed by atoms with Crippen molar-refractivity contribution in [2.24, 2.45) is 0 Å². The molecule has 94 valence electrons. The van der Waals surface area contributed by atoms with Crippen molar-refractivity contribution in [3.8, 4) is 0 Å². The second kappa shape index (κ2) is 5.63. The summed E-state index contributed by atoms with van der Waals surface area (Å²) in [4.78, 5) is 11.6. The fraction of sp³-hybridized carbons (Fsp3) is 0.900. The SMILES string of the molecule is CCCS(=O)(=O)N1CCCC1C(=O)OCC. The van der Waals surface area contributed by atoms with Crippen molar-refractivity contribution < 1.29 is 17.9 Å². The zero-order chi connectivity index (χ0) is 12.2. The van der Waals surface area contributed by atoms with Crippen LogP contribution in [0, 0.1) is 0 Å². The van der Waals surface area contributed by atoms with Crippen LogP contribution in [0.2, 0.25) is 0 Å². The molecule has 0 aliphatic carbocycles. The Bertz CT molecular complexity index is 339. The highest BCUT2D eigenvalue weighted by Gasteiger charge is 2.38. The molecule has 0 bridgehead atoms. The highest BCUT2D eigenvalue weighted by atomic mass is 32.2. The van der Waals surface area contributed by atoms with Crippen LogP contribution in [0.25, 0.3) is 0 Å². The molecule has 1 rings (SSSR count). The second-order valence-corrected chi connectivity index (χ2v) is 5.88. The lowest BCUT2D eigenvalue weighted by molar-refractivity contribution is -0.146. The van der Waals surface area contributed by atoms with E-state index in [-0.39, 0.29) is 12.4 Å². The van der Waals surface area contributed by atoms with E-state index >= 15 is 0 Å². The Balaban J connectivity index is 2.76. The van der Waals surface area contributed by atoms with Crippen molar-refractivity contribution >= 4 is 16.0 Å². The van der Waals surface area contributed by atoms with Crippen LogP contribution < -0.4 is 0 Å². The van der Waals surface area contributed by atoms with Gasteiger partial charge in [0, 0.05) is 6.54 Å². The molecule has 0 aromatic heterocycles. The fourth-order valence-corrected chi connectivity index (χ4v) is 3.66. The van der Waals surface area contributed by atoms with Crippen molar-refractivity contribution in [1.82, 2.24) is 4.31 Å². The molecule has 0 radical (unpaired) electrons. The van der Waals surface area contributed by atoms with Crippen LogP contribution in [0.1, 0.15) is 33.1 Å². The van der Waals surface area contributed by atoms with Gasteiger partial charge in [-0.1, -0.05) is 6.92 Å². The van der Waals surface area contributed by atoms with Crippen LogP contribution in [-0.2, 0) is 19.6 Å². The van der Waals surface area contributed by atoms with Crippen LogP contribution in [0.3, 0.4) is 0 Å². The summed E-state index contributed by atoms with van der Waals surface area (Å²) in [6, 6.07) is -0.600. The van der Waals surface area contributed by atoms with Gasteiger partial charge in [-0.2, -0.15) is 4.31 Å². The average molecular weight is 249 g/mol. The van der Waals surface area contributed by atoms with Crippen LogP contribution in [0.5, 0.6) is 0 Å². The molecule has 16 heavy (non-hydrogen) atoms. The molecule has 1 aliphatic heterocycles. The monoisotopic (exact) mass is 249 g/mol. The number of hydrogen-bond acceptors (Lipinski definition) is 4. The molecule has 1 fully saturated rings. The van der Waals surface area contributed by atoms with Gasteiger partial charge in [0.15, 0.2) is 0 Å². The number of rotatable bonds is 5. The first-order valence-electron chi connectivity index (χ1n) is 5.69. The van der Waals surface area contributed by atoms with Crippen molar-refractivity contribution in [2.45, 2.75) is 39.2 Å². The predicted octanol–water partition coefficient (Wildman–Crippen LogP) is 0.754. The van der Waals surface area contributed by atoms with E-state index < -0.39 is 22.0 Å². The van der Waals surface area contributed by atoms with Gasteiger partial charge < -0.3 is 4.74 Å². The number of carbonyl (C=O) groups is 1. The van der Waals surface area contributed by atoms with Crippen LogP contribution in [0.4, 0.5) is 0 Å². The van der Waals surface area contributed by atoms with Gasteiger partial charge in [-0.25, -0.2) is 8.42 Å². The molecule has 0 aromatic carbocycles. The predicted molar refractivity (Wildman–Crippen MR) is 60.4 cm³/mol. The van der Waals surface area contributed by atoms with Crippen molar-refractivity contribution in [3.05, 3.63) is 0 Å². The highest BCUT2D eigenvalue weighted by Crippen LogP contribution is 2.22. The molecule has 0 amide bonds. The number of esters is 1. The smallest absolute Gasteiger partial charge is 0.324 e. The number of carbonyl (C=O) groups excluding carboxylic acids is 1. The first-order chi connectivity index (χ1) is 7.53. The average Bonchev–Trinajstić information content (AvgIpc) is 2.66. The van der Waals surface area contributed by atoms with E-state index in [1.165, 1.54) is 4.31 Å². The Labute approximate surface area is 96.8 Å². The maximum atomic E-state index is 11.9. The molecule has 0 spiro atoms. The Kier molecular flexibility index (Phi) is 4.73. The van der Waals surface area contributed by atoms with E-state index in [1.807, 2.05) is 6.92 Å². The Hall–Kier alpha value is -0.620. The molecule has 5 nitrogen and oxygen atoms in total. The molecular weight excluding hydrogens is 230 g/mol. The summed E-state index contributed by atoms with van der Waals surface area (Å²) in [5.74, 6) is -0.317. The van der Waals surface area contributed by atoms with E-state index in [0.29, 0.717) is 19.4 Å². The molecule has 6 heteroatoms. The highest BCUT2D eigenvalue weighted by molar-refractivity contribution is 7.89. The van der Waals surface area contributed by atoms with Crippen molar-refractivity contribution in [1.29, 1.82) is 0 Å². The van der Waals surface area contributed by atoms with Gasteiger partial charge in [0.2, 0.25) is 10.0 Å². The molecular formula is C10H19NO4S. The quantitative estimate of drug-likeness (QED) is 0.675. The van der Waals surface area contributed by atoms with Gasteiger partial charge in [0.1, 0.15) is 6.04 Å². The first-order valence-corrected chi connectivity index (χ1v) is 7.30. The third-order valence-corrected chi connectivity index (χ3v) is 4.66. The van der Waals surface area contributed by atoms with E-state index in [2.05, 4.69) is 0 Å². The minimum atomic E-state index is -3.29. The van der Waals surface area contributed by atoms with E-state index in [4.69, 9.17) is 4.74 Å². The number of hydrogen-bond donors (Lipinski definition) is 0. The Morgan fingerprint density at radius 1 is 1.44 bits per heavy atom. The number of sulfonamides is 1. The van der Waals surface area contributed by atoms with Gasteiger partial charge in [-0.15, -0.1) is 0 Å². The maximum Gasteiger partial charge on any atom is 0.324 e. The molecule has 1 atom stereocenters. The summed E-state index contributed by atoms with van der Waals surface area (Å²) < 4.78 is 29.9. The standard InChI is InChI=1S/C10H19NO4S/c1-3-8-16(13,14)11-7-5-6-9(11)10(12)15-4-2/h9H,3-8H2,1-2H3. The summed E-state index contributed by atoms with van der Waals surface area (Å²) in [5.41, 5.74) is 0. The number of ether oxygens (including phenoxy) is 1. The zero-order valence-corrected chi connectivity index (χ0v) is 10.6. The van der Waals surface area contributed by atoms with Crippen LogP contribution in [-0.4, -0.2) is 43.6 Å². The summed E-state index contributed by atoms with van der Waals surface area (Å²) in [5, 5.41) is 0. The van der Waals surface area contributed by atoms with E-state index in [0.717, 1.165) is 6.42 Å². The molecule has 1 heterocycles. The van der Waals surface area contributed by atoms with Crippen molar-refractivity contribution in [2.75, 3.05) is 18.9 Å². The van der Waals surface area contributed by atoms with Crippen LogP contribution in [0.15, 0.2) is 0 Å². The third kappa shape index (κ3) is 2.95. The third-order valence-electron chi connectivity index (χ3n) is 2.58. The molecule has 0 N–H and O–H groups in total. The van der Waals surface area contributed by atoms with E-state index in [1.54, 1.807) is 6.92 Å². The molecule has 1 aliphatic rings. The minimum Gasteiger partial charge on any atom is -0.465 e. The van der Waals surface area contributed by atoms with E-state index in [9.17, 15) is 13.2 Å². The Morgan fingerprint density at radius 3 is 2.69 bits per heavy atom. The molecule has 0 aromatic rings. The second-order valence-electron chi connectivity index (χ2n) is 3.84. The molecule has 0 saturated carbocycles. The summed E-state index contributed by atoms with van der Waals surface area (Å²) in [7, 11) is -3.29. The summed E-state index contributed by atoms with van der Waals surface area (Å²) in [6.07, 6.45) is 1.86. The first kappa shape index (κ1) is 13.4. The topological polar surface area (TPSA) is 63.7 Å². The number of nitrogens with zero attached hydrogens (tertiary/aromatic N) is 1. The zero-order valence-electron chi connectivity index (χ0n) is 9.81. The van der Waals surface area contributed by atoms with Gasteiger partial charge in [0.25, 0.3) is 0 Å². The van der Waals surface area contributed by atoms with Gasteiger partial charge in [0.05, 0.1) is 12.4 Å². The summed E-state index contributed by atoms with van der Waals surface area (Å²) >= 11 is 0. The largest absolute Gasteiger partial charge is 0.465 e. The summed E-state index contributed by atoms with van der Waals surface area (Å²) in [6.45, 7) is 4.26. The molecule has 1 unspecified atom stereocenters. The minimum absolute atomic E-state index is 0.100. The Morgan fingerprint density at radius 2 is 2.12 bits per heavy atom. The van der Waals surface area contributed by atoms with Gasteiger partial charge in [-0.3, -0.25) is 4.79 Å². The van der Waals surface area contributed by atoms with Crippen molar-refractivity contribution in [3.63, 3.8) is 0 Å². The molecule has 1 saturated heterocycles. The van der Waals surface area contributed by atoms with Gasteiger partial charge in [-0.05, 0) is 26.2 Å². The van der Waals surface area contributed by atoms with Crippen LogP contribution >= 0.6 is 0 Å². The lowest BCUT2D eigenvalue weighted by atomic mass is 10.2. The van der Waals surface area contributed by atoms with Gasteiger partial charge >= 0.3 is 5.97 Å². The lowest BCUT2D eigenvalue weighted by Crippen LogP contribution is -2.42. The fourth-order valence-electron chi connectivity index (χ4n) is 1.92. The maximum absolute atomic E-state index is 11.9. The normalized spacial score (nSPS) is 22.2.